The predicted molar refractivity (Wildman–Crippen MR) is 122 cm³/mol. The molecule has 0 aliphatic carbocycles. The summed E-state index contributed by atoms with van der Waals surface area (Å²) in [6.45, 7) is 9.05. The maximum Gasteiger partial charge on any atom is 0.230 e. The molecule has 0 bridgehead atoms. The summed E-state index contributed by atoms with van der Waals surface area (Å²) in [5, 5.41) is 10.3. The number of hydrogen-bond acceptors (Lipinski definition) is 3. The van der Waals surface area contributed by atoms with Gasteiger partial charge in [-0.25, -0.2) is 4.68 Å². The number of rotatable bonds is 4. The molecule has 1 aromatic heterocycles. The van der Waals surface area contributed by atoms with Gasteiger partial charge in [-0.15, -0.1) is 5.10 Å². The highest BCUT2D eigenvalue weighted by Crippen LogP contribution is 2.32. The van der Waals surface area contributed by atoms with Gasteiger partial charge >= 0.3 is 0 Å². The first-order valence-corrected chi connectivity index (χ1v) is 10.6. The number of benzene rings is 2. The second kappa shape index (κ2) is 8.02. The molecule has 1 saturated heterocycles. The standard InChI is InChI=1S/C25H28N4O2/c1-16-10-17(12-19(11-16)25(2,3)4)21-14-22(27-24(31)18-13-23(30)26-15-18)28-29(21)20-8-6-5-7-9-20/h5-12,14,18H,13,15H2,1-4H3,(H,26,30)(H,27,28,31)/t18-/m0/s1. The summed E-state index contributed by atoms with van der Waals surface area (Å²) >= 11 is 0. The fourth-order valence-corrected chi connectivity index (χ4v) is 3.80. The molecule has 3 aromatic rings. The molecule has 2 aromatic carbocycles. The molecule has 1 atom stereocenters. The van der Waals surface area contributed by atoms with Crippen LogP contribution in [0.4, 0.5) is 5.82 Å². The molecule has 1 aliphatic rings. The first-order chi connectivity index (χ1) is 14.7. The van der Waals surface area contributed by atoms with Crippen molar-refractivity contribution in [1.82, 2.24) is 15.1 Å². The molecular formula is C25H28N4O2. The summed E-state index contributed by atoms with van der Waals surface area (Å²) < 4.78 is 1.86. The molecule has 6 heteroatoms. The van der Waals surface area contributed by atoms with E-state index in [1.165, 1.54) is 11.1 Å². The number of aryl methyl sites for hydroxylation is 1. The van der Waals surface area contributed by atoms with Gasteiger partial charge in [0.1, 0.15) is 0 Å². The largest absolute Gasteiger partial charge is 0.355 e. The first-order valence-electron chi connectivity index (χ1n) is 10.6. The summed E-state index contributed by atoms with van der Waals surface area (Å²) in [5.41, 5.74) is 5.27. The van der Waals surface area contributed by atoms with Crippen LogP contribution in [0.25, 0.3) is 16.9 Å². The Morgan fingerprint density at radius 1 is 1.13 bits per heavy atom. The molecule has 6 nitrogen and oxygen atoms in total. The molecule has 31 heavy (non-hydrogen) atoms. The fraction of sp³-hybridized carbons (Fsp3) is 0.320. The Hall–Kier alpha value is -3.41. The maximum atomic E-state index is 12.6. The van der Waals surface area contributed by atoms with Gasteiger partial charge in [0.25, 0.3) is 0 Å². The molecule has 2 heterocycles. The third-order valence-electron chi connectivity index (χ3n) is 5.55. The lowest BCUT2D eigenvalue weighted by Gasteiger charge is -2.21. The van der Waals surface area contributed by atoms with Crippen LogP contribution in [0.2, 0.25) is 0 Å². The Labute approximate surface area is 182 Å². The molecule has 1 fully saturated rings. The second-order valence-corrected chi connectivity index (χ2v) is 9.19. The molecule has 2 amide bonds. The molecular weight excluding hydrogens is 388 g/mol. The average Bonchev–Trinajstić information content (AvgIpc) is 3.34. The number of para-hydroxylation sites is 1. The van der Waals surface area contributed by atoms with Crippen LogP contribution in [0.1, 0.15) is 38.3 Å². The minimum Gasteiger partial charge on any atom is -0.355 e. The van der Waals surface area contributed by atoms with Crippen molar-refractivity contribution >= 4 is 17.6 Å². The monoisotopic (exact) mass is 416 g/mol. The van der Waals surface area contributed by atoms with E-state index in [0.29, 0.717) is 12.4 Å². The first kappa shape index (κ1) is 20.8. The van der Waals surface area contributed by atoms with Crippen molar-refractivity contribution in [3.63, 3.8) is 0 Å². The number of carbonyl (C=O) groups excluding carboxylic acids is 2. The van der Waals surface area contributed by atoms with Gasteiger partial charge in [0.2, 0.25) is 11.8 Å². The van der Waals surface area contributed by atoms with E-state index in [4.69, 9.17) is 0 Å². The molecule has 0 unspecified atom stereocenters. The van der Waals surface area contributed by atoms with Crippen molar-refractivity contribution in [3.8, 4) is 16.9 Å². The minimum absolute atomic E-state index is 0.0113. The third-order valence-corrected chi connectivity index (χ3v) is 5.55. The molecule has 1 aliphatic heterocycles. The van der Waals surface area contributed by atoms with E-state index < -0.39 is 0 Å². The van der Waals surface area contributed by atoms with E-state index in [9.17, 15) is 9.59 Å². The summed E-state index contributed by atoms with van der Waals surface area (Å²) in [4.78, 5) is 24.1. The Bertz CT molecular complexity index is 1130. The van der Waals surface area contributed by atoms with E-state index in [2.05, 4.69) is 61.6 Å². The van der Waals surface area contributed by atoms with Crippen molar-refractivity contribution in [2.24, 2.45) is 5.92 Å². The molecule has 0 radical (unpaired) electrons. The maximum absolute atomic E-state index is 12.6. The number of nitrogens with zero attached hydrogens (tertiary/aromatic N) is 2. The number of amides is 2. The van der Waals surface area contributed by atoms with Crippen LogP contribution in [0.5, 0.6) is 0 Å². The van der Waals surface area contributed by atoms with Crippen LogP contribution in [0.3, 0.4) is 0 Å². The van der Waals surface area contributed by atoms with E-state index in [1.54, 1.807) is 0 Å². The Morgan fingerprint density at radius 3 is 2.52 bits per heavy atom. The van der Waals surface area contributed by atoms with E-state index >= 15 is 0 Å². The molecule has 0 spiro atoms. The smallest absolute Gasteiger partial charge is 0.230 e. The SMILES string of the molecule is Cc1cc(-c2cc(NC(=O)[C@@H]3CNC(=O)C3)nn2-c2ccccc2)cc(C(C)(C)C)c1. The summed E-state index contributed by atoms with van der Waals surface area (Å²) in [6.07, 6.45) is 0.213. The van der Waals surface area contributed by atoms with Crippen LogP contribution in [-0.2, 0) is 15.0 Å². The van der Waals surface area contributed by atoms with E-state index in [0.717, 1.165) is 16.9 Å². The van der Waals surface area contributed by atoms with Crippen molar-refractivity contribution in [2.45, 2.75) is 39.5 Å². The highest BCUT2D eigenvalue weighted by atomic mass is 16.2. The third kappa shape index (κ3) is 4.53. The number of hydrogen-bond donors (Lipinski definition) is 2. The minimum atomic E-state index is -0.371. The van der Waals surface area contributed by atoms with Gasteiger partial charge < -0.3 is 10.6 Å². The van der Waals surface area contributed by atoms with Crippen molar-refractivity contribution < 1.29 is 9.59 Å². The van der Waals surface area contributed by atoms with Crippen molar-refractivity contribution in [3.05, 3.63) is 65.7 Å². The van der Waals surface area contributed by atoms with Crippen molar-refractivity contribution in [2.75, 3.05) is 11.9 Å². The zero-order valence-corrected chi connectivity index (χ0v) is 18.4. The van der Waals surface area contributed by atoms with Crippen LogP contribution < -0.4 is 10.6 Å². The predicted octanol–water partition coefficient (Wildman–Crippen LogP) is 4.22. The van der Waals surface area contributed by atoms with Gasteiger partial charge in [0, 0.05) is 24.6 Å². The van der Waals surface area contributed by atoms with Crippen LogP contribution >= 0.6 is 0 Å². The van der Waals surface area contributed by atoms with E-state index in [-0.39, 0.29) is 29.6 Å². The number of nitrogens with one attached hydrogen (secondary N) is 2. The summed E-state index contributed by atoms with van der Waals surface area (Å²) in [6, 6.07) is 18.3. The fourth-order valence-electron chi connectivity index (χ4n) is 3.80. The number of carbonyl (C=O) groups is 2. The van der Waals surface area contributed by atoms with Gasteiger partial charge in [-0.2, -0.15) is 0 Å². The quantitative estimate of drug-likeness (QED) is 0.669. The zero-order chi connectivity index (χ0) is 22.2. The topological polar surface area (TPSA) is 76.0 Å². The van der Waals surface area contributed by atoms with Crippen LogP contribution in [0.15, 0.2) is 54.6 Å². The van der Waals surface area contributed by atoms with Gasteiger partial charge in [0.15, 0.2) is 5.82 Å². The number of aromatic nitrogens is 2. The average molecular weight is 417 g/mol. The Kier molecular flexibility index (Phi) is 5.39. The van der Waals surface area contributed by atoms with Crippen LogP contribution in [0, 0.1) is 12.8 Å². The van der Waals surface area contributed by atoms with Gasteiger partial charge in [-0.1, -0.05) is 50.6 Å². The van der Waals surface area contributed by atoms with Gasteiger partial charge in [0.05, 0.1) is 17.3 Å². The molecule has 0 saturated carbocycles. The van der Waals surface area contributed by atoms with E-state index in [1.807, 2.05) is 41.1 Å². The Morgan fingerprint density at radius 2 is 1.87 bits per heavy atom. The normalized spacial score (nSPS) is 16.3. The summed E-state index contributed by atoms with van der Waals surface area (Å²) in [5.74, 6) is -0.182. The van der Waals surface area contributed by atoms with Crippen LogP contribution in [-0.4, -0.2) is 28.1 Å². The molecule has 4 rings (SSSR count). The molecule has 2 N–H and O–H groups in total. The highest BCUT2D eigenvalue weighted by molar-refractivity contribution is 5.97. The number of anilines is 1. The highest BCUT2D eigenvalue weighted by Gasteiger charge is 2.28. The zero-order valence-electron chi connectivity index (χ0n) is 18.4. The molecule has 160 valence electrons. The van der Waals surface area contributed by atoms with Crippen molar-refractivity contribution in [1.29, 1.82) is 0 Å². The second-order valence-electron chi connectivity index (χ2n) is 9.19. The lowest BCUT2D eigenvalue weighted by atomic mass is 9.85. The lowest BCUT2D eigenvalue weighted by molar-refractivity contribution is -0.123. The Balaban J connectivity index is 1.76. The summed E-state index contributed by atoms with van der Waals surface area (Å²) in [7, 11) is 0. The van der Waals surface area contributed by atoms with Gasteiger partial charge in [-0.3, -0.25) is 9.59 Å². The van der Waals surface area contributed by atoms with Gasteiger partial charge in [-0.05, 0) is 42.2 Å². The lowest BCUT2D eigenvalue weighted by Crippen LogP contribution is -2.24.